The molecule has 25 heavy (non-hydrogen) atoms. The highest BCUT2D eigenvalue weighted by molar-refractivity contribution is 5.76. The molecule has 0 spiro atoms. The number of aryl methyl sites for hydroxylation is 1. The first kappa shape index (κ1) is 16.2. The number of ether oxygens (including phenoxy) is 1. The van der Waals surface area contributed by atoms with E-state index in [0.717, 1.165) is 45.0 Å². The lowest BCUT2D eigenvalue weighted by Crippen LogP contribution is -2.39. The number of tetrazole rings is 1. The van der Waals surface area contributed by atoms with E-state index in [-0.39, 0.29) is 12.5 Å². The summed E-state index contributed by atoms with van der Waals surface area (Å²) in [7, 11) is 1.99. The molecule has 0 saturated carbocycles. The van der Waals surface area contributed by atoms with Gasteiger partial charge >= 0.3 is 0 Å². The lowest BCUT2D eigenvalue weighted by Gasteiger charge is -2.29. The van der Waals surface area contributed by atoms with Gasteiger partial charge in [0.25, 0.3) is 0 Å². The Hall–Kier alpha value is -2.33. The zero-order chi connectivity index (χ0) is 17.2. The molecule has 2 aromatic heterocycles. The van der Waals surface area contributed by atoms with Gasteiger partial charge in [0, 0.05) is 57.4 Å². The molecule has 2 aliphatic rings. The molecule has 0 unspecified atom stereocenters. The second-order valence-electron chi connectivity index (χ2n) is 6.46. The summed E-state index contributed by atoms with van der Waals surface area (Å²) in [6, 6.07) is 0. The number of amides is 1. The third kappa shape index (κ3) is 3.40. The third-order valence-electron chi connectivity index (χ3n) is 4.84. The van der Waals surface area contributed by atoms with Crippen LogP contribution in [0.2, 0.25) is 0 Å². The van der Waals surface area contributed by atoms with E-state index in [0.29, 0.717) is 13.1 Å². The maximum Gasteiger partial charge on any atom is 0.244 e. The van der Waals surface area contributed by atoms with Crippen LogP contribution in [-0.4, -0.2) is 78.5 Å². The minimum atomic E-state index is 0.0270. The largest absolute Gasteiger partial charge is 0.379 e. The van der Waals surface area contributed by atoms with Crippen LogP contribution in [0.25, 0.3) is 0 Å². The molecule has 4 heterocycles. The topological polar surface area (TPSA) is 94.2 Å². The van der Waals surface area contributed by atoms with Crippen molar-refractivity contribution in [3.63, 3.8) is 0 Å². The fourth-order valence-corrected chi connectivity index (χ4v) is 3.47. The number of carbonyl (C=O) groups is 1. The summed E-state index contributed by atoms with van der Waals surface area (Å²) in [5.74, 6) is 0.0270. The number of carbonyl (C=O) groups excluding carboxylic acids is 1. The molecule has 1 saturated heterocycles. The summed E-state index contributed by atoms with van der Waals surface area (Å²) < 4.78 is 8.84. The first-order valence-corrected chi connectivity index (χ1v) is 8.53. The van der Waals surface area contributed by atoms with E-state index in [1.54, 1.807) is 0 Å². The normalized spacial score (nSPS) is 18.4. The summed E-state index contributed by atoms with van der Waals surface area (Å²) in [5, 5.41) is 15.6. The quantitative estimate of drug-likeness (QED) is 0.688. The number of nitrogens with zero attached hydrogens (tertiary/aromatic N) is 8. The Labute approximate surface area is 145 Å². The molecule has 10 heteroatoms. The van der Waals surface area contributed by atoms with Crippen LogP contribution >= 0.6 is 0 Å². The lowest BCUT2D eigenvalue weighted by molar-refractivity contribution is -0.133. The fraction of sp³-hybridized carbons (Fsp3) is 0.667. The molecule has 10 nitrogen and oxygen atoms in total. The van der Waals surface area contributed by atoms with E-state index in [9.17, 15) is 4.79 Å². The second kappa shape index (κ2) is 6.89. The Morgan fingerprint density at radius 3 is 2.88 bits per heavy atom. The SMILES string of the molecule is Cn1nc(CN2CCOCC2)c2c1CCN(C(=O)Cn1cnnn1)C2. The number of morpholine rings is 1. The zero-order valence-corrected chi connectivity index (χ0v) is 14.3. The Bertz CT molecular complexity index is 735. The highest BCUT2D eigenvalue weighted by Gasteiger charge is 2.27. The monoisotopic (exact) mass is 346 g/mol. The molecule has 0 aliphatic carbocycles. The molecule has 0 aromatic carbocycles. The first-order chi connectivity index (χ1) is 12.2. The van der Waals surface area contributed by atoms with Gasteiger partial charge in [0.1, 0.15) is 12.9 Å². The minimum absolute atomic E-state index is 0.0270. The average Bonchev–Trinajstić information content (AvgIpc) is 3.24. The first-order valence-electron chi connectivity index (χ1n) is 8.53. The highest BCUT2D eigenvalue weighted by atomic mass is 16.5. The third-order valence-corrected chi connectivity index (χ3v) is 4.84. The number of rotatable bonds is 4. The van der Waals surface area contributed by atoms with Crippen LogP contribution in [0.3, 0.4) is 0 Å². The van der Waals surface area contributed by atoms with Crippen LogP contribution in [0.1, 0.15) is 17.0 Å². The van der Waals surface area contributed by atoms with Crippen LogP contribution < -0.4 is 0 Å². The van der Waals surface area contributed by atoms with Crippen molar-refractivity contribution in [1.29, 1.82) is 0 Å². The highest BCUT2D eigenvalue weighted by Crippen LogP contribution is 2.23. The number of hydrogen-bond acceptors (Lipinski definition) is 7. The van der Waals surface area contributed by atoms with Crippen LogP contribution in [-0.2, 0) is 42.6 Å². The number of hydrogen-bond donors (Lipinski definition) is 0. The van der Waals surface area contributed by atoms with Gasteiger partial charge in [-0.25, -0.2) is 4.68 Å². The van der Waals surface area contributed by atoms with Gasteiger partial charge in [-0.15, -0.1) is 5.10 Å². The summed E-state index contributed by atoms with van der Waals surface area (Å²) in [4.78, 5) is 16.8. The van der Waals surface area contributed by atoms with E-state index >= 15 is 0 Å². The summed E-state index contributed by atoms with van der Waals surface area (Å²) in [6.45, 7) is 5.66. The fourth-order valence-electron chi connectivity index (χ4n) is 3.47. The van der Waals surface area contributed by atoms with E-state index < -0.39 is 0 Å². The van der Waals surface area contributed by atoms with E-state index in [1.807, 2.05) is 16.6 Å². The predicted octanol–water partition coefficient (Wildman–Crippen LogP) is -1.18. The zero-order valence-electron chi connectivity index (χ0n) is 14.3. The molecule has 0 bridgehead atoms. The van der Waals surface area contributed by atoms with Crippen molar-refractivity contribution in [3.05, 3.63) is 23.3 Å². The number of fused-ring (bicyclic) bond motifs is 1. The van der Waals surface area contributed by atoms with Crippen molar-refractivity contribution in [2.45, 2.75) is 26.1 Å². The Morgan fingerprint density at radius 2 is 2.12 bits per heavy atom. The Morgan fingerprint density at radius 1 is 1.28 bits per heavy atom. The van der Waals surface area contributed by atoms with Crippen LogP contribution in [0, 0.1) is 0 Å². The van der Waals surface area contributed by atoms with Gasteiger partial charge in [-0.3, -0.25) is 14.4 Å². The van der Waals surface area contributed by atoms with Gasteiger partial charge in [-0.2, -0.15) is 5.10 Å². The van der Waals surface area contributed by atoms with Crippen molar-refractivity contribution in [2.75, 3.05) is 32.8 Å². The molecule has 0 radical (unpaired) electrons. The van der Waals surface area contributed by atoms with Gasteiger partial charge in [0.05, 0.1) is 18.9 Å². The molecule has 134 valence electrons. The molecule has 0 N–H and O–H groups in total. The molecule has 2 aromatic rings. The predicted molar refractivity (Wildman–Crippen MR) is 86.2 cm³/mol. The minimum Gasteiger partial charge on any atom is -0.379 e. The lowest BCUT2D eigenvalue weighted by atomic mass is 10.0. The maximum atomic E-state index is 12.5. The Balaban J connectivity index is 1.48. The van der Waals surface area contributed by atoms with Gasteiger partial charge in [0.2, 0.25) is 5.91 Å². The number of aromatic nitrogens is 6. The molecule has 1 fully saturated rings. The maximum absolute atomic E-state index is 12.5. The smallest absolute Gasteiger partial charge is 0.244 e. The van der Waals surface area contributed by atoms with Crippen molar-refractivity contribution >= 4 is 5.91 Å². The molecule has 1 amide bonds. The van der Waals surface area contributed by atoms with E-state index in [1.165, 1.54) is 22.3 Å². The second-order valence-corrected chi connectivity index (χ2v) is 6.46. The molecular formula is C15H22N8O2. The summed E-state index contributed by atoms with van der Waals surface area (Å²) >= 11 is 0. The van der Waals surface area contributed by atoms with Gasteiger partial charge < -0.3 is 9.64 Å². The van der Waals surface area contributed by atoms with Crippen molar-refractivity contribution in [1.82, 2.24) is 39.8 Å². The van der Waals surface area contributed by atoms with E-state index in [2.05, 4.69) is 20.4 Å². The average molecular weight is 346 g/mol. The molecular weight excluding hydrogens is 324 g/mol. The summed E-state index contributed by atoms with van der Waals surface area (Å²) in [6.07, 6.45) is 2.28. The molecule has 4 rings (SSSR count). The Kier molecular flexibility index (Phi) is 4.45. The summed E-state index contributed by atoms with van der Waals surface area (Å²) in [5.41, 5.74) is 3.49. The van der Waals surface area contributed by atoms with Crippen molar-refractivity contribution in [2.24, 2.45) is 7.05 Å². The standard InChI is InChI=1S/C15H22N8O2/c1-20-14-2-3-22(15(24)10-23-11-16-18-19-23)8-12(14)13(17-20)9-21-4-6-25-7-5-21/h11H,2-10H2,1H3. The molecule has 2 aliphatic heterocycles. The van der Waals surface area contributed by atoms with Gasteiger partial charge in [-0.1, -0.05) is 0 Å². The van der Waals surface area contributed by atoms with Crippen LogP contribution in [0.4, 0.5) is 0 Å². The van der Waals surface area contributed by atoms with Crippen LogP contribution in [0.5, 0.6) is 0 Å². The van der Waals surface area contributed by atoms with Gasteiger partial charge in [-0.05, 0) is 10.4 Å². The van der Waals surface area contributed by atoms with E-state index in [4.69, 9.17) is 9.84 Å². The van der Waals surface area contributed by atoms with Crippen molar-refractivity contribution < 1.29 is 9.53 Å². The molecule has 0 atom stereocenters. The van der Waals surface area contributed by atoms with Crippen LogP contribution in [0.15, 0.2) is 6.33 Å². The van der Waals surface area contributed by atoms with Crippen molar-refractivity contribution in [3.8, 4) is 0 Å². The van der Waals surface area contributed by atoms with Gasteiger partial charge in [0.15, 0.2) is 0 Å².